The second kappa shape index (κ2) is 2.39. The van der Waals surface area contributed by atoms with Crippen molar-refractivity contribution in [2.24, 2.45) is 0 Å². The Labute approximate surface area is 67.6 Å². The molecule has 0 radical (unpaired) electrons. The second-order valence-corrected chi connectivity index (χ2v) is 2.44. The number of hydrogen-bond acceptors (Lipinski definition) is 2. The van der Waals surface area contributed by atoms with E-state index < -0.39 is 0 Å². The summed E-state index contributed by atoms with van der Waals surface area (Å²) in [5, 5.41) is 6.92. The third kappa shape index (κ3) is 1.01. The molecule has 0 bridgehead atoms. The Kier molecular flexibility index (Phi) is 1.40. The van der Waals surface area contributed by atoms with Crippen LogP contribution in [0.2, 0.25) is 5.15 Å². The summed E-state index contributed by atoms with van der Waals surface area (Å²) in [7, 11) is 0. The molecule has 0 amide bonds. The molecule has 56 valence electrons. The number of aromatic amines is 2. The molecule has 0 atom stereocenters. The molecule has 2 rings (SSSR count). The smallest absolute Gasteiger partial charge is 0.133 e. The zero-order chi connectivity index (χ0) is 7.68. The highest BCUT2D eigenvalue weighted by Gasteiger charge is 2.04. The molecule has 0 saturated heterocycles. The van der Waals surface area contributed by atoms with Crippen LogP contribution in [0.4, 0.5) is 0 Å². The summed E-state index contributed by atoms with van der Waals surface area (Å²) in [5.41, 5.74) is 1.70. The summed E-state index contributed by atoms with van der Waals surface area (Å²) < 4.78 is 0. The van der Waals surface area contributed by atoms with Crippen LogP contribution in [0.5, 0.6) is 0 Å². The van der Waals surface area contributed by atoms with E-state index in [0.717, 1.165) is 11.3 Å². The lowest BCUT2D eigenvalue weighted by Crippen LogP contribution is -1.72. The molecule has 4 nitrogen and oxygen atoms in total. The van der Waals surface area contributed by atoms with Gasteiger partial charge in [0, 0.05) is 0 Å². The Morgan fingerprint density at radius 3 is 2.82 bits per heavy atom. The summed E-state index contributed by atoms with van der Waals surface area (Å²) >= 11 is 5.77. The van der Waals surface area contributed by atoms with Crippen LogP contribution >= 0.6 is 11.6 Å². The number of halogens is 1. The molecule has 0 aliphatic carbocycles. The van der Waals surface area contributed by atoms with E-state index in [1.165, 1.54) is 0 Å². The molecule has 2 heterocycles. The maximum atomic E-state index is 5.77. The Bertz CT molecular complexity index is 337. The van der Waals surface area contributed by atoms with E-state index >= 15 is 0 Å². The Morgan fingerprint density at radius 2 is 2.27 bits per heavy atom. The highest BCUT2D eigenvalue weighted by atomic mass is 35.5. The van der Waals surface area contributed by atoms with E-state index in [-0.39, 0.29) is 0 Å². The second-order valence-electron chi connectivity index (χ2n) is 2.06. The number of nitrogens with one attached hydrogen (secondary N) is 2. The summed E-state index contributed by atoms with van der Waals surface area (Å²) in [6, 6.07) is 0. The first-order chi connectivity index (χ1) is 5.38. The fraction of sp³-hybridized carbons (Fsp3) is 0. The van der Waals surface area contributed by atoms with Crippen molar-refractivity contribution in [1.82, 2.24) is 20.2 Å². The fourth-order valence-corrected chi connectivity index (χ4v) is 1.06. The number of H-pyrrole nitrogens is 2. The van der Waals surface area contributed by atoms with Crippen molar-refractivity contribution < 1.29 is 0 Å². The molecule has 0 aromatic carbocycles. The van der Waals surface area contributed by atoms with Crippen molar-refractivity contribution in [3.63, 3.8) is 0 Å². The van der Waals surface area contributed by atoms with Crippen LogP contribution in [0.25, 0.3) is 11.3 Å². The molecule has 0 unspecified atom stereocenters. The minimum absolute atomic E-state index is 0.522. The zero-order valence-corrected chi connectivity index (χ0v) is 6.26. The van der Waals surface area contributed by atoms with E-state index in [9.17, 15) is 0 Å². The lowest BCUT2D eigenvalue weighted by molar-refractivity contribution is 1.09. The predicted octanol–water partition coefficient (Wildman–Crippen LogP) is 1.45. The van der Waals surface area contributed by atoms with Gasteiger partial charge in [0.25, 0.3) is 0 Å². The largest absolute Gasteiger partial charge is 0.344 e. The van der Waals surface area contributed by atoms with Crippen LogP contribution in [-0.2, 0) is 0 Å². The molecule has 0 aliphatic rings. The van der Waals surface area contributed by atoms with E-state index in [4.69, 9.17) is 11.6 Å². The van der Waals surface area contributed by atoms with Crippen molar-refractivity contribution in [2.75, 3.05) is 0 Å². The average Bonchev–Trinajstić information content (AvgIpc) is 2.55. The number of aromatic nitrogens is 4. The molecule has 2 aromatic heterocycles. The van der Waals surface area contributed by atoms with Crippen LogP contribution in [0, 0.1) is 0 Å². The van der Waals surface area contributed by atoms with Gasteiger partial charge in [-0.1, -0.05) is 11.6 Å². The predicted molar refractivity (Wildman–Crippen MR) is 41.2 cm³/mol. The maximum Gasteiger partial charge on any atom is 0.133 e. The first-order valence-electron chi connectivity index (χ1n) is 3.05. The van der Waals surface area contributed by atoms with Crippen LogP contribution in [0.15, 0.2) is 18.7 Å². The van der Waals surface area contributed by atoms with Crippen molar-refractivity contribution in [2.45, 2.75) is 0 Å². The summed E-state index contributed by atoms with van der Waals surface area (Å²) in [6.45, 7) is 0. The monoisotopic (exact) mass is 168 g/mol. The molecule has 11 heavy (non-hydrogen) atoms. The third-order valence-corrected chi connectivity index (χ3v) is 1.67. The van der Waals surface area contributed by atoms with E-state index in [2.05, 4.69) is 20.2 Å². The van der Waals surface area contributed by atoms with Crippen LogP contribution in [-0.4, -0.2) is 20.2 Å². The minimum atomic E-state index is 0.522. The summed E-state index contributed by atoms with van der Waals surface area (Å²) in [6.07, 6.45) is 4.94. The van der Waals surface area contributed by atoms with Crippen LogP contribution in [0.1, 0.15) is 0 Å². The lowest BCUT2D eigenvalue weighted by Gasteiger charge is -1.88. The zero-order valence-electron chi connectivity index (χ0n) is 5.50. The molecule has 0 aliphatic heterocycles. The number of rotatable bonds is 1. The Hall–Kier alpha value is -1.29. The highest BCUT2D eigenvalue weighted by molar-refractivity contribution is 6.31. The first kappa shape index (κ1) is 6.42. The van der Waals surface area contributed by atoms with Crippen LogP contribution in [0.3, 0.4) is 0 Å². The molecule has 2 N–H and O–H groups in total. The SMILES string of the molecule is Clc1[nH]ncc1-c1cnc[nH]1. The quantitative estimate of drug-likeness (QED) is 0.677. The Morgan fingerprint density at radius 1 is 1.36 bits per heavy atom. The van der Waals surface area contributed by atoms with E-state index in [1.54, 1.807) is 18.7 Å². The average molecular weight is 169 g/mol. The van der Waals surface area contributed by atoms with Gasteiger partial charge in [-0.05, 0) is 0 Å². The molecule has 5 heteroatoms. The van der Waals surface area contributed by atoms with Crippen molar-refractivity contribution >= 4 is 11.6 Å². The standard InChI is InChI=1S/C6H5ClN4/c7-6-4(1-10-11-6)5-2-8-3-9-5/h1-3H,(H,8,9)(H,10,11). The maximum absolute atomic E-state index is 5.77. The van der Waals surface area contributed by atoms with Gasteiger partial charge in [-0.3, -0.25) is 5.10 Å². The van der Waals surface area contributed by atoms with Gasteiger partial charge in [-0.2, -0.15) is 5.10 Å². The normalized spacial score (nSPS) is 10.3. The van der Waals surface area contributed by atoms with Gasteiger partial charge in [0.15, 0.2) is 0 Å². The molecule has 0 saturated carbocycles. The topological polar surface area (TPSA) is 57.4 Å². The van der Waals surface area contributed by atoms with Crippen LogP contribution < -0.4 is 0 Å². The van der Waals surface area contributed by atoms with Gasteiger partial charge >= 0.3 is 0 Å². The number of hydrogen-bond donors (Lipinski definition) is 2. The first-order valence-corrected chi connectivity index (χ1v) is 3.43. The molecule has 2 aromatic rings. The number of imidazole rings is 1. The van der Waals surface area contributed by atoms with Gasteiger partial charge < -0.3 is 4.98 Å². The van der Waals surface area contributed by atoms with Gasteiger partial charge in [0.2, 0.25) is 0 Å². The van der Waals surface area contributed by atoms with Gasteiger partial charge in [-0.15, -0.1) is 0 Å². The van der Waals surface area contributed by atoms with Gasteiger partial charge in [-0.25, -0.2) is 4.98 Å². The summed E-state index contributed by atoms with van der Waals surface area (Å²) in [5.74, 6) is 0. The molecular weight excluding hydrogens is 164 g/mol. The van der Waals surface area contributed by atoms with Gasteiger partial charge in [0.05, 0.1) is 30.0 Å². The van der Waals surface area contributed by atoms with E-state index in [0.29, 0.717) is 5.15 Å². The molecule has 0 spiro atoms. The molecular formula is C6H5ClN4. The fourth-order valence-electron chi connectivity index (χ4n) is 0.861. The van der Waals surface area contributed by atoms with Gasteiger partial charge in [0.1, 0.15) is 5.15 Å². The van der Waals surface area contributed by atoms with Crippen molar-refractivity contribution in [1.29, 1.82) is 0 Å². The summed E-state index contributed by atoms with van der Waals surface area (Å²) in [4.78, 5) is 6.79. The minimum Gasteiger partial charge on any atom is -0.344 e. The molecule has 0 fully saturated rings. The number of nitrogens with zero attached hydrogens (tertiary/aromatic N) is 2. The highest BCUT2D eigenvalue weighted by Crippen LogP contribution is 2.22. The van der Waals surface area contributed by atoms with Crippen molar-refractivity contribution in [3.05, 3.63) is 23.9 Å². The lowest BCUT2D eigenvalue weighted by atomic mass is 10.3. The van der Waals surface area contributed by atoms with Crippen molar-refractivity contribution in [3.8, 4) is 11.3 Å². The third-order valence-electron chi connectivity index (χ3n) is 1.38. The Balaban J connectivity index is 2.53. The van der Waals surface area contributed by atoms with E-state index in [1.807, 2.05) is 0 Å².